The van der Waals surface area contributed by atoms with Gasteiger partial charge in [0, 0.05) is 19.0 Å². The van der Waals surface area contributed by atoms with Crippen molar-refractivity contribution in [3.63, 3.8) is 0 Å². The molecule has 0 radical (unpaired) electrons. The molecule has 4 heteroatoms. The fourth-order valence-electron chi connectivity index (χ4n) is 0.954. The molecule has 0 saturated carbocycles. The van der Waals surface area contributed by atoms with Gasteiger partial charge in [-0.3, -0.25) is 4.68 Å². The first-order chi connectivity index (χ1) is 5.25. The van der Waals surface area contributed by atoms with E-state index in [9.17, 15) is 5.11 Å². The van der Waals surface area contributed by atoms with Crippen molar-refractivity contribution in [2.45, 2.75) is 6.10 Å². The molecule has 0 bridgehead atoms. The van der Waals surface area contributed by atoms with Crippen LogP contribution in [0.5, 0.6) is 0 Å². The molecule has 0 spiro atoms. The Kier molecular flexibility index (Phi) is 2.96. The fourth-order valence-corrected chi connectivity index (χ4v) is 1.44. The Labute approximate surface area is 70.4 Å². The van der Waals surface area contributed by atoms with Crippen molar-refractivity contribution in [3.8, 4) is 0 Å². The number of nitrogens with zero attached hydrogens (tertiary/aromatic N) is 2. The number of aryl methyl sites for hydroxylation is 1. The minimum Gasteiger partial charge on any atom is -0.386 e. The summed E-state index contributed by atoms with van der Waals surface area (Å²) in [6, 6.07) is 1.83. The second kappa shape index (κ2) is 3.78. The van der Waals surface area contributed by atoms with E-state index in [2.05, 4.69) is 5.10 Å². The Balaban J connectivity index is 2.67. The lowest BCUT2D eigenvalue weighted by Gasteiger charge is -2.08. The van der Waals surface area contributed by atoms with Gasteiger partial charge in [0.1, 0.15) is 6.10 Å². The van der Waals surface area contributed by atoms with Gasteiger partial charge >= 0.3 is 0 Å². The second-order valence-electron chi connectivity index (χ2n) is 2.35. The Morgan fingerprint density at radius 2 is 2.55 bits per heavy atom. The minimum absolute atomic E-state index is 0.391. The van der Waals surface area contributed by atoms with Crippen LogP contribution in [0.15, 0.2) is 12.3 Å². The number of hydrogen-bond donors (Lipinski definition) is 1. The van der Waals surface area contributed by atoms with Gasteiger partial charge in [-0.2, -0.15) is 16.9 Å². The van der Waals surface area contributed by atoms with E-state index in [1.165, 1.54) is 0 Å². The molecule has 1 atom stereocenters. The molecule has 0 fully saturated rings. The number of aromatic nitrogens is 2. The molecule has 0 amide bonds. The first-order valence-electron chi connectivity index (χ1n) is 3.40. The summed E-state index contributed by atoms with van der Waals surface area (Å²) in [5.74, 6) is 0.722. The summed E-state index contributed by atoms with van der Waals surface area (Å²) in [5.41, 5.74) is 0.874. The Hall–Kier alpha value is -0.480. The van der Waals surface area contributed by atoms with Gasteiger partial charge in [-0.05, 0) is 12.3 Å². The molecule has 3 nitrogen and oxygen atoms in total. The number of hydrogen-bond acceptors (Lipinski definition) is 3. The second-order valence-corrected chi connectivity index (χ2v) is 3.26. The van der Waals surface area contributed by atoms with Crippen LogP contribution in [0, 0.1) is 0 Å². The van der Waals surface area contributed by atoms with E-state index < -0.39 is 6.10 Å². The summed E-state index contributed by atoms with van der Waals surface area (Å²) in [7, 11) is 1.83. The fraction of sp³-hybridized carbons (Fsp3) is 0.571. The van der Waals surface area contributed by atoms with E-state index in [-0.39, 0.29) is 0 Å². The Morgan fingerprint density at radius 1 is 1.82 bits per heavy atom. The molecule has 0 saturated heterocycles. The number of rotatable bonds is 3. The monoisotopic (exact) mass is 172 g/mol. The van der Waals surface area contributed by atoms with Crippen LogP contribution < -0.4 is 0 Å². The van der Waals surface area contributed by atoms with E-state index >= 15 is 0 Å². The van der Waals surface area contributed by atoms with Crippen molar-refractivity contribution in [2.75, 3.05) is 12.0 Å². The lowest BCUT2D eigenvalue weighted by atomic mass is 10.3. The molecule has 62 valence electrons. The van der Waals surface area contributed by atoms with Crippen LogP contribution >= 0.6 is 11.8 Å². The normalized spacial score (nSPS) is 13.4. The number of thioether (sulfide) groups is 1. The molecule has 1 N–H and O–H groups in total. The maximum Gasteiger partial charge on any atom is 0.105 e. The SMILES string of the molecule is CSCC(O)c1ccnn1C. The zero-order valence-corrected chi connectivity index (χ0v) is 7.51. The van der Waals surface area contributed by atoms with E-state index in [1.54, 1.807) is 22.6 Å². The third kappa shape index (κ3) is 1.97. The number of aliphatic hydroxyl groups is 1. The lowest BCUT2D eigenvalue weighted by molar-refractivity contribution is 0.194. The van der Waals surface area contributed by atoms with Crippen LogP contribution in [0.25, 0.3) is 0 Å². The van der Waals surface area contributed by atoms with Gasteiger partial charge in [-0.15, -0.1) is 0 Å². The first kappa shape index (κ1) is 8.62. The van der Waals surface area contributed by atoms with Crippen LogP contribution in [-0.2, 0) is 7.05 Å². The van der Waals surface area contributed by atoms with Crippen molar-refractivity contribution < 1.29 is 5.11 Å². The highest BCUT2D eigenvalue weighted by atomic mass is 32.2. The van der Waals surface area contributed by atoms with Crippen molar-refractivity contribution in [3.05, 3.63) is 18.0 Å². The number of aliphatic hydroxyl groups excluding tert-OH is 1. The minimum atomic E-state index is -0.391. The van der Waals surface area contributed by atoms with Crippen LogP contribution in [0.1, 0.15) is 11.8 Å². The zero-order valence-electron chi connectivity index (χ0n) is 6.69. The van der Waals surface area contributed by atoms with Gasteiger partial charge in [-0.1, -0.05) is 0 Å². The van der Waals surface area contributed by atoms with E-state index in [0.29, 0.717) is 0 Å². The van der Waals surface area contributed by atoms with E-state index in [1.807, 2.05) is 19.4 Å². The standard InChI is InChI=1S/C7H12N2OS/c1-9-6(3-4-8-9)7(10)5-11-2/h3-4,7,10H,5H2,1-2H3. The van der Waals surface area contributed by atoms with Crippen LogP contribution in [-0.4, -0.2) is 26.9 Å². The van der Waals surface area contributed by atoms with Crippen molar-refractivity contribution in [1.29, 1.82) is 0 Å². The Morgan fingerprint density at radius 3 is 3.00 bits per heavy atom. The smallest absolute Gasteiger partial charge is 0.105 e. The summed E-state index contributed by atoms with van der Waals surface area (Å²) in [5, 5.41) is 13.5. The van der Waals surface area contributed by atoms with Gasteiger partial charge in [0.15, 0.2) is 0 Å². The third-order valence-corrected chi connectivity index (χ3v) is 2.17. The molecule has 1 heterocycles. The molecular weight excluding hydrogens is 160 g/mol. The van der Waals surface area contributed by atoms with Gasteiger partial charge in [0.05, 0.1) is 5.69 Å². The van der Waals surface area contributed by atoms with Crippen molar-refractivity contribution in [2.24, 2.45) is 7.05 Å². The summed E-state index contributed by atoms with van der Waals surface area (Å²) < 4.78 is 1.70. The topological polar surface area (TPSA) is 38.1 Å². The van der Waals surface area contributed by atoms with E-state index in [0.717, 1.165) is 11.4 Å². The molecule has 0 aliphatic rings. The highest BCUT2D eigenvalue weighted by Gasteiger charge is 2.09. The molecule has 1 rings (SSSR count). The average molecular weight is 172 g/mol. The highest BCUT2D eigenvalue weighted by molar-refractivity contribution is 7.98. The molecule has 1 aromatic rings. The molecule has 0 aromatic carbocycles. The predicted molar refractivity (Wildman–Crippen MR) is 46.5 cm³/mol. The van der Waals surface area contributed by atoms with Gasteiger partial charge in [0.25, 0.3) is 0 Å². The van der Waals surface area contributed by atoms with Crippen LogP contribution in [0.3, 0.4) is 0 Å². The van der Waals surface area contributed by atoms with Crippen molar-refractivity contribution in [1.82, 2.24) is 9.78 Å². The largest absolute Gasteiger partial charge is 0.386 e. The van der Waals surface area contributed by atoms with E-state index in [4.69, 9.17) is 0 Å². The summed E-state index contributed by atoms with van der Waals surface area (Å²) in [6.45, 7) is 0. The third-order valence-electron chi connectivity index (χ3n) is 1.52. The van der Waals surface area contributed by atoms with Gasteiger partial charge in [-0.25, -0.2) is 0 Å². The summed E-state index contributed by atoms with van der Waals surface area (Å²) in [6.07, 6.45) is 3.27. The van der Waals surface area contributed by atoms with Crippen LogP contribution in [0.2, 0.25) is 0 Å². The van der Waals surface area contributed by atoms with Crippen LogP contribution in [0.4, 0.5) is 0 Å². The zero-order chi connectivity index (χ0) is 8.27. The average Bonchev–Trinajstić information content (AvgIpc) is 2.36. The predicted octanol–water partition coefficient (Wildman–Crippen LogP) is 0.817. The molecular formula is C7H12N2OS. The van der Waals surface area contributed by atoms with Gasteiger partial charge in [0.2, 0.25) is 0 Å². The van der Waals surface area contributed by atoms with Crippen molar-refractivity contribution >= 4 is 11.8 Å². The maximum absolute atomic E-state index is 9.51. The molecule has 11 heavy (non-hydrogen) atoms. The molecule has 0 aliphatic carbocycles. The lowest BCUT2D eigenvalue weighted by Crippen LogP contribution is -2.06. The summed E-state index contributed by atoms with van der Waals surface area (Å²) >= 11 is 1.63. The van der Waals surface area contributed by atoms with Gasteiger partial charge < -0.3 is 5.11 Å². The Bertz CT molecular complexity index is 224. The first-order valence-corrected chi connectivity index (χ1v) is 4.80. The highest BCUT2D eigenvalue weighted by Crippen LogP contribution is 2.14. The quantitative estimate of drug-likeness (QED) is 0.733. The molecule has 0 aliphatic heterocycles. The molecule has 1 aromatic heterocycles. The summed E-state index contributed by atoms with van der Waals surface area (Å²) in [4.78, 5) is 0. The molecule has 1 unspecified atom stereocenters. The maximum atomic E-state index is 9.51.